The fourth-order valence-electron chi connectivity index (χ4n) is 1.35. The molecule has 1 aromatic rings. The SMILES string of the molecule is O=C1C=C(c2csc(C(F)(F)F)n2)CC1. The van der Waals surface area contributed by atoms with Gasteiger partial charge in [-0.15, -0.1) is 11.3 Å². The Labute approximate surface area is 87.4 Å². The standard InChI is InChI=1S/C9H6F3NOS/c10-9(11,12)8-13-7(4-15-8)5-1-2-6(14)3-5/h3-4H,1-2H2. The summed E-state index contributed by atoms with van der Waals surface area (Å²) in [5.74, 6) is -0.0495. The van der Waals surface area contributed by atoms with Crippen LogP contribution in [0.3, 0.4) is 0 Å². The second kappa shape index (κ2) is 3.44. The maximum atomic E-state index is 12.2. The van der Waals surface area contributed by atoms with Gasteiger partial charge in [0.25, 0.3) is 0 Å². The van der Waals surface area contributed by atoms with Crippen LogP contribution < -0.4 is 0 Å². The molecule has 0 N–H and O–H groups in total. The number of rotatable bonds is 1. The number of ketones is 1. The first-order chi connectivity index (χ1) is 6.97. The fraction of sp³-hybridized carbons (Fsp3) is 0.333. The zero-order valence-electron chi connectivity index (χ0n) is 7.47. The quantitative estimate of drug-likeness (QED) is 0.746. The number of nitrogens with zero attached hydrogens (tertiary/aromatic N) is 1. The molecule has 0 amide bonds. The largest absolute Gasteiger partial charge is 0.443 e. The van der Waals surface area contributed by atoms with Crippen molar-refractivity contribution >= 4 is 22.7 Å². The molecule has 2 nitrogen and oxygen atoms in total. The van der Waals surface area contributed by atoms with Crippen LogP contribution in [-0.2, 0) is 11.0 Å². The van der Waals surface area contributed by atoms with Crippen molar-refractivity contribution in [2.75, 3.05) is 0 Å². The number of carbonyl (C=O) groups excluding carboxylic acids is 1. The highest BCUT2D eigenvalue weighted by molar-refractivity contribution is 7.09. The Morgan fingerprint density at radius 3 is 2.53 bits per heavy atom. The van der Waals surface area contributed by atoms with Crippen LogP contribution in [-0.4, -0.2) is 10.8 Å². The third kappa shape index (κ3) is 2.09. The molecule has 0 unspecified atom stereocenters. The third-order valence-electron chi connectivity index (χ3n) is 2.05. The smallest absolute Gasteiger partial charge is 0.295 e. The summed E-state index contributed by atoms with van der Waals surface area (Å²) in [4.78, 5) is 14.4. The van der Waals surface area contributed by atoms with Gasteiger partial charge in [-0.1, -0.05) is 0 Å². The maximum Gasteiger partial charge on any atom is 0.443 e. The van der Waals surface area contributed by atoms with Gasteiger partial charge in [-0.25, -0.2) is 4.98 Å². The van der Waals surface area contributed by atoms with E-state index in [1.54, 1.807) is 0 Å². The van der Waals surface area contributed by atoms with E-state index in [1.807, 2.05) is 0 Å². The van der Waals surface area contributed by atoms with Crippen molar-refractivity contribution in [1.29, 1.82) is 0 Å². The van der Waals surface area contributed by atoms with Crippen molar-refractivity contribution in [3.05, 3.63) is 22.2 Å². The van der Waals surface area contributed by atoms with Gasteiger partial charge in [0.05, 0.1) is 5.69 Å². The summed E-state index contributed by atoms with van der Waals surface area (Å²) in [6.07, 6.45) is -2.17. The summed E-state index contributed by atoms with van der Waals surface area (Å²) in [6.45, 7) is 0. The van der Waals surface area contributed by atoms with Crippen molar-refractivity contribution in [3.8, 4) is 0 Å². The number of hydrogen-bond donors (Lipinski definition) is 0. The summed E-state index contributed by atoms with van der Waals surface area (Å²) in [7, 11) is 0. The van der Waals surface area contributed by atoms with Gasteiger partial charge in [0.15, 0.2) is 10.8 Å². The molecule has 0 aliphatic heterocycles. The van der Waals surface area contributed by atoms with E-state index in [2.05, 4.69) is 4.98 Å². The van der Waals surface area contributed by atoms with Crippen molar-refractivity contribution in [2.24, 2.45) is 0 Å². The number of carbonyl (C=O) groups is 1. The van der Waals surface area contributed by atoms with E-state index in [0.717, 1.165) is 0 Å². The average Bonchev–Trinajstić information content (AvgIpc) is 2.69. The summed E-state index contributed by atoms with van der Waals surface area (Å²) in [5.41, 5.74) is 0.880. The van der Waals surface area contributed by atoms with E-state index in [1.165, 1.54) is 11.5 Å². The maximum absolute atomic E-state index is 12.2. The number of allylic oxidation sites excluding steroid dienone is 2. The highest BCUT2D eigenvalue weighted by atomic mass is 32.1. The zero-order valence-corrected chi connectivity index (χ0v) is 8.28. The zero-order chi connectivity index (χ0) is 11.1. The Kier molecular flexibility index (Phi) is 2.38. The normalized spacial score (nSPS) is 17.0. The lowest BCUT2D eigenvalue weighted by molar-refractivity contribution is -0.137. The summed E-state index contributed by atoms with van der Waals surface area (Å²) in [6, 6.07) is 0. The second-order valence-electron chi connectivity index (χ2n) is 3.17. The highest BCUT2D eigenvalue weighted by Crippen LogP contribution is 2.34. The average molecular weight is 233 g/mol. The molecule has 0 aromatic carbocycles. The molecule has 0 saturated carbocycles. The molecule has 1 aliphatic carbocycles. The molecular weight excluding hydrogens is 227 g/mol. The van der Waals surface area contributed by atoms with Crippen LogP contribution in [0.4, 0.5) is 13.2 Å². The predicted octanol–water partition coefficient (Wildman–Crippen LogP) is 2.91. The number of alkyl halides is 3. The molecule has 2 rings (SSSR count). The third-order valence-corrected chi connectivity index (χ3v) is 2.94. The Bertz CT molecular complexity index is 433. The van der Waals surface area contributed by atoms with Gasteiger partial charge in [-0.05, 0) is 18.1 Å². The monoisotopic (exact) mass is 233 g/mol. The number of aromatic nitrogens is 1. The van der Waals surface area contributed by atoms with E-state index < -0.39 is 11.2 Å². The first-order valence-electron chi connectivity index (χ1n) is 4.23. The van der Waals surface area contributed by atoms with Gasteiger partial charge in [0.1, 0.15) is 0 Å². The molecule has 0 bridgehead atoms. The minimum Gasteiger partial charge on any atom is -0.295 e. The summed E-state index contributed by atoms with van der Waals surface area (Å²) < 4.78 is 36.7. The summed E-state index contributed by atoms with van der Waals surface area (Å²) in [5, 5.41) is 0.477. The Hall–Kier alpha value is -1.17. The van der Waals surface area contributed by atoms with Gasteiger partial charge < -0.3 is 0 Å². The van der Waals surface area contributed by atoms with E-state index in [0.29, 0.717) is 29.8 Å². The van der Waals surface area contributed by atoms with Gasteiger partial charge in [-0.2, -0.15) is 13.2 Å². The molecule has 1 aliphatic rings. The molecule has 15 heavy (non-hydrogen) atoms. The molecule has 6 heteroatoms. The molecule has 1 heterocycles. The van der Waals surface area contributed by atoms with Crippen molar-refractivity contribution in [3.63, 3.8) is 0 Å². The molecular formula is C9H6F3NOS. The van der Waals surface area contributed by atoms with Crippen molar-refractivity contribution in [2.45, 2.75) is 19.0 Å². The van der Waals surface area contributed by atoms with Crippen LogP contribution in [0.5, 0.6) is 0 Å². The number of halogens is 3. The number of thiazole rings is 1. The van der Waals surface area contributed by atoms with Crippen LogP contribution in [0.15, 0.2) is 11.5 Å². The molecule has 0 saturated heterocycles. The molecule has 80 valence electrons. The van der Waals surface area contributed by atoms with Gasteiger partial charge in [0.2, 0.25) is 0 Å². The van der Waals surface area contributed by atoms with E-state index in [-0.39, 0.29) is 11.5 Å². The van der Waals surface area contributed by atoms with E-state index in [9.17, 15) is 18.0 Å². The van der Waals surface area contributed by atoms with Crippen molar-refractivity contribution < 1.29 is 18.0 Å². The molecule has 0 fully saturated rings. The number of hydrogen-bond acceptors (Lipinski definition) is 3. The van der Waals surface area contributed by atoms with E-state index >= 15 is 0 Å². The topological polar surface area (TPSA) is 30.0 Å². The molecule has 0 spiro atoms. The summed E-state index contributed by atoms with van der Waals surface area (Å²) >= 11 is 0.556. The van der Waals surface area contributed by atoms with Gasteiger partial charge >= 0.3 is 6.18 Å². The second-order valence-corrected chi connectivity index (χ2v) is 4.03. The van der Waals surface area contributed by atoms with Crippen LogP contribution in [0.2, 0.25) is 0 Å². The minimum atomic E-state index is -4.40. The van der Waals surface area contributed by atoms with Crippen molar-refractivity contribution in [1.82, 2.24) is 4.98 Å². The predicted molar refractivity (Wildman–Crippen MR) is 49.3 cm³/mol. The van der Waals surface area contributed by atoms with Crippen LogP contribution in [0.25, 0.3) is 5.57 Å². The Balaban J connectivity index is 2.28. The van der Waals surface area contributed by atoms with Gasteiger partial charge in [0, 0.05) is 11.8 Å². The van der Waals surface area contributed by atoms with Gasteiger partial charge in [-0.3, -0.25) is 4.79 Å². The Morgan fingerprint density at radius 1 is 1.33 bits per heavy atom. The highest BCUT2D eigenvalue weighted by Gasteiger charge is 2.35. The lowest BCUT2D eigenvalue weighted by Crippen LogP contribution is -2.03. The first kappa shape index (κ1) is 10.4. The lowest BCUT2D eigenvalue weighted by Gasteiger charge is -1.99. The lowest BCUT2D eigenvalue weighted by atomic mass is 10.2. The van der Waals surface area contributed by atoms with Crippen LogP contribution >= 0.6 is 11.3 Å². The minimum absolute atomic E-state index is 0.0495. The molecule has 1 aromatic heterocycles. The van der Waals surface area contributed by atoms with E-state index in [4.69, 9.17) is 0 Å². The van der Waals surface area contributed by atoms with Crippen LogP contribution in [0, 0.1) is 0 Å². The molecule has 0 radical (unpaired) electrons. The Morgan fingerprint density at radius 2 is 2.07 bits per heavy atom. The molecule has 0 atom stereocenters. The first-order valence-corrected chi connectivity index (χ1v) is 5.11. The fourth-order valence-corrected chi connectivity index (χ4v) is 2.06. The van der Waals surface area contributed by atoms with Crippen LogP contribution in [0.1, 0.15) is 23.5 Å².